The van der Waals surface area contributed by atoms with Crippen molar-refractivity contribution in [1.82, 2.24) is 4.90 Å². The molecule has 0 bridgehead atoms. The van der Waals surface area contributed by atoms with Crippen LogP contribution < -0.4 is 0 Å². The standard InChI is InChI=1S/C26H53N/c1-5-8-11-12-15-24(4)26-19-22-27(23-20-26)21-14-13-18-25(16-9-6-2)17-10-7-3/h24-26H,5-23H2,1-4H3. The van der Waals surface area contributed by atoms with Gasteiger partial charge >= 0.3 is 0 Å². The maximum atomic E-state index is 2.77. The molecule has 162 valence electrons. The van der Waals surface area contributed by atoms with E-state index in [0.717, 1.165) is 17.8 Å². The molecule has 27 heavy (non-hydrogen) atoms. The molecule has 1 atom stereocenters. The fraction of sp³-hybridized carbons (Fsp3) is 1.00. The predicted molar refractivity (Wildman–Crippen MR) is 123 cm³/mol. The zero-order valence-electron chi connectivity index (χ0n) is 19.6. The van der Waals surface area contributed by atoms with E-state index in [0.29, 0.717) is 0 Å². The minimum absolute atomic E-state index is 0.960. The Labute approximate surface area is 173 Å². The van der Waals surface area contributed by atoms with Crippen molar-refractivity contribution < 1.29 is 0 Å². The molecule has 0 aliphatic carbocycles. The van der Waals surface area contributed by atoms with Crippen LogP contribution in [0.5, 0.6) is 0 Å². The lowest BCUT2D eigenvalue weighted by Crippen LogP contribution is -2.36. The van der Waals surface area contributed by atoms with Gasteiger partial charge in [0.2, 0.25) is 0 Å². The van der Waals surface area contributed by atoms with Gasteiger partial charge in [-0.3, -0.25) is 0 Å². The van der Waals surface area contributed by atoms with Gasteiger partial charge in [-0.25, -0.2) is 0 Å². The maximum Gasteiger partial charge on any atom is -0.00160 e. The van der Waals surface area contributed by atoms with Crippen molar-refractivity contribution in [2.24, 2.45) is 17.8 Å². The molecule has 1 unspecified atom stereocenters. The van der Waals surface area contributed by atoms with Crippen LogP contribution in [-0.4, -0.2) is 24.5 Å². The average molecular weight is 380 g/mol. The van der Waals surface area contributed by atoms with Gasteiger partial charge in [-0.05, 0) is 56.7 Å². The highest BCUT2D eigenvalue weighted by Crippen LogP contribution is 2.29. The van der Waals surface area contributed by atoms with Gasteiger partial charge in [-0.2, -0.15) is 0 Å². The summed E-state index contributed by atoms with van der Waals surface area (Å²) in [7, 11) is 0. The Hall–Kier alpha value is -0.0400. The lowest BCUT2D eigenvalue weighted by Gasteiger charge is -2.35. The highest BCUT2D eigenvalue weighted by atomic mass is 15.1. The lowest BCUT2D eigenvalue weighted by molar-refractivity contribution is 0.145. The van der Waals surface area contributed by atoms with Gasteiger partial charge in [0.25, 0.3) is 0 Å². The molecule has 0 radical (unpaired) electrons. The monoisotopic (exact) mass is 379 g/mol. The summed E-state index contributed by atoms with van der Waals surface area (Å²) >= 11 is 0. The van der Waals surface area contributed by atoms with E-state index in [-0.39, 0.29) is 0 Å². The molecule has 1 heterocycles. The first-order valence-corrected chi connectivity index (χ1v) is 12.9. The second-order valence-corrected chi connectivity index (χ2v) is 9.65. The van der Waals surface area contributed by atoms with Gasteiger partial charge in [0, 0.05) is 0 Å². The molecule has 0 saturated carbocycles. The van der Waals surface area contributed by atoms with Crippen LogP contribution in [0.1, 0.15) is 130 Å². The van der Waals surface area contributed by atoms with Gasteiger partial charge in [-0.1, -0.05) is 111 Å². The Morgan fingerprint density at radius 1 is 0.667 bits per heavy atom. The van der Waals surface area contributed by atoms with Crippen LogP contribution in [0.2, 0.25) is 0 Å². The van der Waals surface area contributed by atoms with Gasteiger partial charge in [0.05, 0.1) is 0 Å². The first-order valence-electron chi connectivity index (χ1n) is 12.9. The Bertz CT molecular complexity index is 297. The number of rotatable bonds is 17. The van der Waals surface area contributed by atoms with Crippen LogP contribution in [0.3, 0.4) is 0 Å². The van der Waals surface area contributed by atoms with Crippen LogP contribution in [0, 0.1) is 17.8 Å². The largest absolute Gasteiger partial charge is 0.303 e. The van der Waals surface area contributed by atoms with Gasteiger partial charge in [0.1, 0.15) is 0 Å². The summed E-state index contributed by atoms with van der Waals surface area (Å²) in [4.78, 5) is 2.77. The minimum atomic E-state index is 0.960. The van der Waals surface area contributed by atoms with E-state index in [2.05, 4.69) is 32.6 Å². The van der Waals surface area contributed by atoms with Gasteiger partial charge in [0.15, 0.2) is 0 Å². The Morgan fingerprint density at radius 3 is 1.81 bits per heavy atom. The molecule has 1 aliphatic heterocycles. The molecular weight excluding hydrogens is 326 g/mol. The first kappa shape index (κ1) is 25.0. The topological polar surface area (TPSA) is 3.24 Å². The Morgan fingerprint density at radius 2 is 1.22 bits per heavy atom. The average Bonchev–Trinajstić information content (AvgIpc) is 2.70. The molecule has 0 spiro atoms. The molecule has 1 aliphatic rings. The quantitative estimate of drug-likeness (QED) is 0.229. The van der Waals surface area contributed by atoms with E-state index in [1.165, 1.54) is 122 Å². The van der Waals surface area contributed by atoms with Crippen molar-refractivity contribution in [3.63, 3.8) is 0 Å². The van der Waals surface area contributed by atoms with Crippen molar-refractivity contribution >= 4 is 0 Å². The Balaban J connectivity index is 2.10. The Kier molecular flexibility index (Phi) is 15.6. The summed E-state index contributed by atoms with van der Waals surface area (Å²) in [6.45, 7) is 13.6. The molecule has 0 aromatic heterocycles. The van der Waals surface area contributed by atoms with Gasteiger partial charge < -0.3 is 4.90 Å². The first-order chi connectivity index (χ1) is 13.2. The molecule has 0 aromatic rings. The molecule has 1 rings (SSSR count). The highest BCUT2D eigenvalue weighted by Gasteiger charge is 2.23. The molecular formula is C26H53N. The van der Waals surface area contributed by atoms with Crippen molar-refractivity contribution in [1.29, 1.82) is 0 Å². The fourth-order valence-electron chi connectivity index (χ4n) is 5.06. The molecule has 0 amide bonds. The van der Waals surface area contributed by atoms with Crippen molar-refractivity contribution in [2.45, 2.75) is 130 Å². The molecule has 1 nitrogen and oxygen atoms in total. The van der Waals surface area contributed by atoms with Crippen LogP contribution in [0.15, 0.2) is 0 Å². The summed E-state index contributed by atoms with van der Waals surface area (Å²) in [6, 6.07) is 0. The zero-order chi connectivity index (χ0) is 19.7. The smallest absolute Gasteiger partial charge is 0.00160 e. The third-order valence-electron chi connectivity index (χ3n) is 7.22. The predicted octanol–water partition coefficient (Wildman–Crippen LogP) is 8.47. The normalized spacial score (nSPS) is 17.7. The number of likely N-dealkylation sites (tertiary alicyclic amines) is 1. The number of piperidine rings is 1. The number of nitrogens with zero attached hydrogens (tertiary/aromatic N) is 1. The van der Waals surface area contributed by atoms with Crippen molar-refractivity contribution in [2.75, 3.05) is 19.6 Å². The zero-order valence-corrected chi connectivity index (χ0v) is 19.6. The summed E-state index contributed by atoms with van der Waals surface area (Å²) in [5.74, 6) is 2.99. The summed E-state index contributed by atoms with van der Waals surface area (Å²) in [6.07, 6.45) is 23.1. The second-order valence-electron chi connectivity index (χ2n) is 9.65. The number of unbranched alkanes of at least 4 members (excludes halogenated alkanes) is 6. The molecule has 1 heteroatoms. The van der Waals surface area contributed by atoms with Crippen molar-refractivity contribution in [3.05, 3.63) is 0 Å². The minimum Gasteiger partial charge on any atom is -0.303 e. The van der Waals surface area contributed by atoms with Crippen LogP contribution >= 0.6 is 0 Å². The third-order valence-corrected chi connectivity index (χ3v) is 7.22. The molecule has 1 fully saturated rings. The van der Waals surface area contributed by atoms with E-state index in [1.807, 2.05) is 0 Å². The number of hydrogen-bond acceptors (Lipinski definition) is 1. The number of hydrogen-bond donors (Lipinski definition) is 0. The van der Waals surface area contributed by atoms with Crippen LogP contribution in [-0.2, 0) is 0 Å². The van der Waals surface area contributed by atoms with Crippen LogP contribution in [0.25, 0.3) is 0 Å². The summed E-state index contributed by atoms with van der Waals surface area (Å²) in [5.41, 5.74) is 0. The summed E-state index contributed by atoms with van der Waals surface area (Å²) < 4.78 is 0. The van der Waals surface area contributed by atoms with Crippen LogP contribution in [0.4, 0.5) is 0 Å². The van der Waals surface area contributed by atoms with E-state index < -0.39 is 0 Å². The van der Waals surface area contributed by atoms with Crippen molar-refractivity contribution in [3.8, 4) is 0 Å². The summed E-state index contributed by atoms with van der Waals surface area (Å²) in [5, 5.41) is 0. The van der Waals surface area contributed by atoms with E-state index in [9.17, 15) is 0 Å². The lowest BCUT2D eigenvalue weighted by atomic mass is 9.82. The maximum absolute atomic E-state index is 2.77. The van der Waals surface area contributed by atoms with E-state index >= 15 is 0 Å². The molecule has 1 saturated heterocycles. The van der Waals surface area contributed by atoms with Gasteiger partial charge in [-0.15, -0.1) is 0 Å². The third kappa shape index (κ3) is 12.2. The van der Waals surface area contributed by atoms with E-state index in [4.69, 9.17) is 0 Å². The molecule has 0 aromatic carbocycles. The highest BCUT2D eigenvalue weighted by molar-refractivity contribution is 4.76. The van der Waals surface area contributed by atoms with E-state index in [1.54, 1.807) is 0 Å². The SMILES string of the molecule is CCCCCCC(C)C1CCN(CCCCC(CCCC)CCCC)CC1. The molecule has 0 N–H and O–H groups in total. The second kappa shape index (κ2) is 16.9. The fourth-order valence-corrected chi connectivity index (χ4v) is 5.06.